The summed E-state index contributed by atoms with van der Waals surface area (Å²) in [4.78, 5) is 4.90. The first-order valence-corrected chi connectivity index (χ1v) is 6.07. The Hall–Kier alpha value is -1.20. The molecule has 0 unspecified atom stereocenters. The zero-order valence-corrected chi connectivity index (χ0v) is 10.2. The third kappa shape index (κ3) is 3.38. The van der Waals surface area contributed by atoms with E-state index in [1.807, 2.05) is 0 Å². The minimum absolute atomic E-state index is 0.0244. The Morgan fingerprint density at radius 2 is 2.00 bits per heavy atom. The highest BCUT2D eigenvalue weighted by atomic mass is 35.5. The first-order chi connectivity index (χ1) is 8.15. The smallest absolute Gasteiger partial charge is 0.263 e. The summed E-state index contributed by atoms with van der Waals surface area (Å²) in [7, 11) is 0. The number of hydrogen-bond donors (Lipinski definition) is 1. The van der Waals surface area contributed by atoms with Crippen molar-refractivity contribution < 1.29 is 8.78 Å². The van der Waals surface area contributed by atoms with Crippen LogP contribution in [0.5, 0.6) is 0 Å². The largest absolute Gasteiger partial charge is 0.380 e. The van der Waals surface area contributed by atoms with Gasteiger partial charge in [0.05, 0.1) is 6.54 Å². The van der Waals surface area contributed by atoms with E-state index in [9.17, 15) is 8.78 Å². The molecule has 17 heavy (non-hydrogen) atoms. The molecule has 0 aliphatic heterocycles. The molecule has 0 atom stereocenters. The van der Waals surface area contributed by atoms with Gasteiger partial charge in [-0.25, -0.2) is 13.8 Å². The van der Waals surface area contributed by atoms with Gasteiger partial charge in [0.15, 0.2) is 4.47 Å². The van der Waals surface area contributed by atoms with Crippen LogP contribution in [0.4, 0.5) is 14.5 Å². The number of rotatable bonds is 4. The molecular weight excluding hydrogens is 266 g/mol. The number of thiazole rings is 1. The van der Waals surface area contributed by atoms with Crippen LogP contribution in [0.3, 0.4) is 0 Å². The number of nitrogens with one attached hydrogen (secondary N) is 1. The van der Waals surface area contributed by atoms with Crippen LogP contribution in [-0.4, -0.2) is 4.98 Å². The molecule has 0 radical (unpaired) electrons. The Morgan fingerprint density at radius 3 is 2.53 bits per heavy atom. The van der Waals surface area contributed by atoms with Gasteiger partial charge >= 0.3 is 0 Å². The SMILES string of the molecule is FC(F)c1ccc(NCc2cnc(Cl)s2)cc1. The lowest BCUT2D eigenvalue weighted by Crippen LogP contribution is -1.97. The first kappa shape index (κ1) is 12.3. The summed E-state index contributed by atoms with van der Waals surface area (Å²) >= 11 is 7.08. The number of nitrogens with zero attached hydrogens (tertiary/aromatic N) is 1. The molecule has 1 aromatic carbocycles. The maximum absolute atomic E-state index is 12.3. The zero-order chi connectivity index (χ0) is 12.3. The average Bonchev–Trinajstić information content (AvgIpc) is 2.73. The normalized spacial score (nSPS) is 10.8. The molecule has 1 N–H and O–H groups in total. The van der Waals surface area contributed by atoms with Crippen molar-refractivity contribution in [1.29, 1.82) is 0 Å². The monoisotopic (exact) mass is 274 g/mol. The van der Waals surface area contributed by atoms with E-state index < -0.39 is 6.43 Å². The molecule has 2 rings (SSSR count). The van der Waals surface area contributed by atoms with Crippen LogP contribution in [0.2, 0.25) is 4.47 Å². The summed E-state index contributed by atoms with van der Waals surface area (Å²) in [6.45, 7) is 0.582. The van der Waals surface area contributed by atoms with Gasteiger partial charge in [-0.3, -0.25) is 0 Å². The predicted molar refractivity (Wildman–Crippen MR) is 65.8 cm³/mol. The molecule has 0 saturated heterocycles. The van der Waals surface area contributed by atoms with Crippen LogP contribution in [-0.2, 0) is 6.54 Å². The minimum Gasteiger partial charge on any atom is -0.380 e. The molecule has 1 aromatic heterocycles. The molecule has 0 amide bonds. The highest BCUT2D eigenvalue weighted by Gasteiger charge is 2.05. The fourth-order valence-electron chi connectivity index (χ4n) is 1.30. The van der Waals surface area contributed by atoms with Crippen molar-refractivity contribution in [2.45, 2.75) is 13.0 Å². The van der Waals surface area contributed by atoms with Gasteiger partial charge < -0.3 is 5.32 Å². The molecule has 2 aromatic rings. The number of halogens is 3. The van der Waals surface area contributed by atoms with Crippen LogP contribution in [0.25, 0.3) is 0 Å². The van der Waals surface area contributed by atoms with Crippen molar-refractivity contribution in [2.24, 2.45) is 0 Å². The van der Waals surface area contributed by atoms with Crippen molar-refractivity contribution in [2.75, 3.05) is 5.32 Å². The number of alkyl halides is 2. The van der Waals surface area contributed by atoms with Crippen molar-refractivity contribution in [1.82, 2.24) is 4.98 Å². The van der Waals surface area contributed by atoms with E-state index in [2.05, 4.69) is 10.3 Å². The maximum Gasteiger partial charge on any atom is 0.263 e. The fraction of sp³-hybridized carbons (Fsp3) is 0.182. The van der Waals surface area contributed by atoms with Crippen LogP contribution in [0, 0.1) is 0 Å². The zero-order valence-electron chi connectivity index (χ0n) is 8.66. The molecule has 2 nitrogen and oxygen atoms in total. The lowest BCUT2D eigenvalue weighted by molar-refractivity contribution is 0.151. The van der Waals surface area contributed by atoms with Gasteiger partial charge in [-0.05, 0) is 12.1 Å². The van der Waals surface area contributed by atoms with Crippen molar-refractivity contribution in [3.63, 3.8) is 0 Å². The molecule has 0 aliphatic rings. The highest BCUT2D eigenvalue weighted by molar-refractivity contribution is 7.15. The summed E-state index contributed by atoms with van der Waals surface area (Å²) in [6, 6.07) is 6.08. The van der Waals surface area contributed by atoms with Gasteiger partial charge in [-0.15, -0.1) is 11.3 Å². The van der Waals surface area contributed by atoms with Gasteiger partial charge in [0.2, 0.25) is 0 Å². The Bertz CT molecular complexity index is 484. The van der Waals surface area contributed by atoms with Gasteiger partial charge in [0, 0.05) is 22.3 Å². The predicted octanol–water partition coefficient (Wildman–Crippen LogP) is 4.35. The number of anilines is 1. The topological polar surface area (TPSA) is 24.9 Å². The molecule has 0 saturated carbocycles. The van der Waals surface area contributed by atoms with Crippen molar-refractivity contribution >= 4 is 28.6 Å². The van der Waals surface area contributed by atoms with E-state index >= 15 is 0 Å². The second kappa shape index (κ2) is 5.42. The highest BCUT2D eigenvalue weighted by Crippen LogP contribution is 2.22. The second-order valence-electron chi connectivity index (χ2n) is 3.36. The van der Waals surface area contributed by atoms with Gasteiger partial charge in [0.25, 0.3) is 6.43 Å². The minimum atomic E-state index is -2.43. The number of hydrogen-bond acceptors (Lipinski definition) is 3. The van der Waals surface area contributed by atoms with Gasteiger partial charge in [0.1, 0.15) is 0 Å². The van der Waals surface area contributed by atoms with E-state index in [1.165, 1.54) is 23.5 Å². The van der Waals surface area contributed by atoms with E-state index in [1.54, 1.807) is 18.3 Å². The van der Waals surface area contributed by atoms with E-state index in [0.717, 1.165) is 10.6 Å². The Kier molecular flexibility index (Phi) is 3.91. The quantitative estimate of drug-likeness (QED) is 0.897. The summed E-state index contributed by atoms with van der Waals surface area (Å²) in [5.41, 5.74) is 0.815. The van der Waals surface area contributed by atoms with Gasteiger partial charge in [-0.2, -0.15) is 0 Å². The molecule has 0 spiro atoms. The van der Waals surface area contributed by atoms with E-state index in [0.29, 0.717) is 11.0 Å². The summed E-state index contributed by atoms with van der Waals surface area (Å²) < 4.78 is 25.1. The Balaban J connectivity index is 1.95. The molecule has 0 fully saturated rings. The Labute approximate surface area is 106 Å². The number of benzene rings is 1. The third-order valence-electron chi connectivity index (χ3n) is 2.15. The fourth-order valence-corrected chi connectivity index (χ4v) is 2.22. The standard InChI is InChI=1S/C11H9ClF2N2S/c12-11-16-6-9(17-11)5-15-8-3-1-7(2-4-8)10(13)14/h1-4,6,10,15H,5H2. The summed E-state index contributed by atoms with van der Waals surface area (Å²) in [5, 5.41) is 3.11. The van der Waals surface area contributed by atoms with E-state index in [4.69, 9.17) is 11.6 Å². The molecule has 0 bridgehead atoms. The van der Waals surface area contributed by atoms with Crippen molar-refractivity contribution in [3.05, 3.63) is 45.4 Å². The number of aromatic nitrogens is 1. The summed E-state index contributed by atoms with van der Waals surface area (Å²) in [6.07, 6.45) is -0.739. The molecule has 0 aliphatic carbocycles. The molecule has 1 heterocycles. The first-order valence-electron chi connectivity index (χ1n) is 4.87. The van der Waals surface area contributed by atoms with Crippen LogP contribution >= 0.6 is 22.9 Å². The van der Waals surface area contributed by atoms with E-state index in [-0.39, 0.29) is 5.56 Å². The molecule has 6 heteroatoms. The van der Waals surface area contributed by atoms with Crippen LogP contribution < -0.4 is 5.32 Å². The Morgan fingerprint density at radius 1 is 1.29 bits per heavy atom. The summed E-state index contributed by atoms with van der Waals surface area (Å²) in [5.74, 6) is 0. The molecular formula is C11H9ClF2N2S. The second-order valence-corrected chi connectivity index (χ2v) is 5.05. The third-order valence-corrected chi connectivity index (χ3v) is 3.27. The maximum atomic E-state index is 12.3. The van der Waals surface area contributed by atoms with Crippen molar-refractivity contribution in [3.8, 4) is 0 Å². The average molecular weight is 275 g/mol. The van der Waals surface area contributed by atoms with Crippen LogP contribution in [0.1, 0.15) is 16.9 Å². The molecule has 90 valence electrons. The lowest BCUT2D eigenvalue weighted by Gasteiger charge is -2.05. The lowest BCUT2D eigenvalue weighted by atomic mass is 10.2. The van der Waals surface area contributed by atoms with Gasteiger partial charge in [-0.1, -0.05) is 23.7 Å². The van der Waals surface area contributed by atoms with Crippen LogP contribution in [0.15, 0.2) is 30.5 Å².